The number of aromatic hydroxyl groups is 1. The van der Waals surface area contributed by atoms with Crippen molar-refractivity contribution in [2.75, 3.05) is 5.32 Å². The normalized spacial score (nSPS) is 12.1. The zero-order valence-corrected chi connectivity index (χ0v) is 19.9. The molecule has 174 valence electrons. The Hall–Kier alpha value is -3.80. The number of ketones is 1. The summed E-state index contributed by atoms with van der Waals surface area (Å²) in [5.41, 5.74) is 0.952. The summed E-state index contributed by atoms with van der Waals surface area (Å²) in [6, 6.07) is 24.7. The fourth-order valence-electron chi connectivity index (χ4n) is 4.20. The van der Waals surface area contributed by atoms with Crippen molar-refractivity contribution in [1.29, 1.82) is 0 Å². The maximum Gasteiger partial charge on any atom is 0.263 e. The standard InChI is InChI=1S/C28H20Cl2N2O3/c29-19-8-5-16(6-9-19)13-24(31-21-11-7-17-3-1-2-4-18(17)14-21)27(34)25-26(33)22-12-10-20(30)15-23(22)32-28(25)35/h1-12,14-15,24,31H,13H2,(H2,32,33,35). The minimum atomic E-state index is -0.825. The van der Waals surface area contributed by atoms with E-state index in [2.05, 4.69) is 10.3 Å². The number of aromatic amines is 1. The highest BCUT2D eigenvalue weighted by molar-refractivity contribution is 6.31. The highest BCUT2D eigenvalue weighted by atomic mass is 35.5. The van der Waals surface area contributed by atoms with E-state index >= 15 is 0 Å². The Morgan fingerprint density at radius 2 is 1.60 bits per heavy atom. The van der Waals surface area contributed by atoms with Crippen LogP contribution in [0.2, 0.25) is 10.0 Å². The zero-order valence-electron chi connectivity index (χ0n) is 18.4. The predicted molar refractivity (Wildman–Crippen MR) is 142 cm³/mol. The van der Waals surface area contributed by atoms with E-state index < -0.39 is 17.4 Å². The average molecular weight is 503 g/mol. The van der Waals surface area contributed by atoms with E-state index in [1.165, 1.54) is 6.07 Å². The molecule has 0 bridgehead atoms. The van der Waals surface area contributed by atoms with Crippen molar-refractivity contribution in [2.45, 2.75) is 12.5 Å². The number of nitrogens with one attached hydrogen (secondary N) is 2. The first kappa shape index (κ1) is 23.0. The Bertz CT molecular complexity index is 1630. The number of anilines is 1. The van der Waals surface area contributed by atoms with Crippen molar-refractivity contribution in [1.82, 2.24) is 4.98 Å². The maximum absolute atomic E-state index is 13.7. The summed E-state index contributed by atoms with van der Waals surface area (Å²) in [5, 5.41) is 17.6. The van der Waals surface area contributed by atoms with Crippen molar-refractivity contribution in [3.05, 3.63) is 116 Å². The van der Waals surface area contributed by atoms with E-state index in [1.54, 1.807) is 24.3 Å². The fourth-order valence-corrected chi connectivity index (χ4v) is 4.50. The van der Waals surface area contributed by atoms with E-state index in [-0.39, 0.29) is 17.7 Å². The lowest BCUT2D eigenvalue weighted by Crippen LogP contribution is -2.35. The molecule has 0 aliphatic rings. The number of rotatable bonds is 6. The van der Waals surface area contributed by atoms with Crippen LogP contribution in [0, 0.1) is 0 Å². The highest BCUT2D eigenvalue weighted by Crippen LogP contribution is 2.29. The molecule has 1 aromatic heterocycles. The molecule has 1 heterocycles. The monoisotopic (exact) mass is 502 g/mol. The van der Waals surface area contributed by atoms with Crippen LogP contribution in [0.25, 0.3) is 21.7 Å². The van der Waals surface area contributed by atoms with Gasteiger partial charge < -0.3 is 15.4 Å². The van der Waals surface area contributed by atoms with Gasteiger partial charge in [-0.15, -0.1) is 0 Å². The van der Waals surface area contributed by atoms with E-state index in [4.69, 9.17) is 23.2 Å². The zero-order chi connectivity index (χ0) is 24.5. The third kappa shape index (κ3) is 4.74. The first-order valence-electron chi connectivity index (χ1n) is 11.0. The molecule has 3 N–H and O–H groups in total. The van der Waals surface area contributed by atoms with Crippen molar-refractivity contribution in [3.63, 3.8) is 0 Å². The number of pyridine rings is 1. The first-order chi connectivity index (χ1) is 16.9. The summed E-state index contributed by atoms with van der Waals surface area (Å²) in [4.78, 5) is 29.3. The Balaban J connectivity index is 1.57. The molecule has 0 radical (unpaired) electrons. The minimum Gasteiger partial charge on any atom is -0.506 e. The van der Waals surface area contributed by atoms with Gasteiger partial charge in [-0.2, -0.15) is 0 Å². The summed E-state index contributed by atoms with van der Waals surface area (Å²) in [5.74, 6) is -0.893. The lowest BCUT2D eigenvalue weighted by molar-refractivity contribution is 0.0965. The molecular formula is C28H20Cl2N2O3. The van der Waals surface area contributed by atoms with Crippen molar-refractivity contribution in [2.24, 2.45) is 0 Å². The second kappa shape index (κ2) is 9.45. The number of benzene rings is 4. The van der Waals surface area contributed by atoms with Crippen LogP contribution in [0.1, 0.15) is 15.9 Å². The third-order valence-corrected chi connectivity index (χ3v) is 6.44. The number of hydrogen-bond acceptors (Lipinski definition) is 4. The highest BCUT2D eigenvalue weighted by Gasteiger charge is 2.27. The van der Waals surface area contributed by atoms with Crippen LogP contribution in [0.3, 0.4) is 0 Å². The molecule has 35 heavy (non-hydrogen) atoms. The molecule has 0 aliphatic heterocycles. The molecule has 1 atom stereocenters. The van der Waals surface area contributed by atoms with Crippen molar-refractivity contribution in [3.8, 4) is 5.75 Å². The van der Waals surface area contributed by atoms with Crippen molar-refractivity contribution >= 4 is 56.3 Å². The molecule has 0 saturated carbocycles. The molecule has 0 saturated heterocycles. The van der Waals surface area contributed by atoms with Gasteiger partial charge in [0.1, 0.15) is 11.3 Å². The van der Waals surface area contributed by atoms with E-state index in [0.29, 0.717) is 20.9 Å². The Kier molecular flexibility index (Phi) is 6.20. The van der Waals surface area contributed by atoms with Gasteiger partial charge in [-0.3, -0.25) is 9.59 Å². The molecular weight excluding hydrogens is 483 g/mol. The molecule has 7 heteroatoms. The van der Waals surface area contributed by atoms with Gasteiger partial charge in [0.25, 0.3) is 5.56 Å². The van der Waals surface area contributed by atoms with Crippen LogP contribution in [-0.4, -0.2) is 21.9 Å². The first-order valence-corrected chi connectivity index (χ1v) is 11.7. The van der Waals surface area contributed by atoms with E-state index in [9.17, 15) is 14.7 Å². The van der Waals surface area contributed by atoms with E-state index in [1.807, 2.05) is 54.6 Å². The molecule has 0 fully saturated rings. The minimum absolute atomic E-state index is 0.278. The number of carbonyl (C=O) groups excluding carboxylic acids is 1. The van der Waals surface area contributed by atoms with Gasteiger partial charge in [-0.1, -0.05) is 65.7 Å². The number of H-pyrrole nitrogens is 1. The van der Waals surface area contributed by atoms with Gasteiger partial charge in [-0.05, 0) is 58.8 Å². The molecule has 0 aliphatic carbocycles. The van der Waals surface area contributed by atoms with Gasteiger partial charge in [-0.25, -0.2) is 0 Å². The van der Waals surface area contributed by atoms with Gasteiger partial charge >= 0.3 is 0 Å². The van der Waals surface area contributed by atoms with Crippen LogP contribution in [0.15, 0.2) is 89.7 Å². The number of fused-ring (bicyclic) bond motifs is 2. The van der Waals surface area contributed by atoms with E-state index in [0.717, 1.165) is 22.0 Å². The van der Waals surface area contributed by atoms with Gasteiger partial charge in [0.15, 0.2) is 5.78 Å². The quantitative estimate of drug-likeness (QED) is 0.228. The molecule has 1 unspecified atom stereocenters. The number of carbonyl (C=O) groups is 1. The SMILES string of the molecule is O=C(c1c(O)c2ccc(Cl)cc2[nH]c1=O)C(Cc1ccc(Cl)cc1)Nc1ccc2ccccc2c1. The van der Waals surface area contributed by atoms with Crippen LogP contribution < -0.4 is 10.9 Å². The molecule has 5 nitrogen and oxygen atoms in total. The number of Topliss-reactive ketones (excluding diaryl/α,β-unsaturated/α-hetero) is 1. The lowest BCUT2D eigenvalue weighted by Gasteiger charge is -2.20. The molecule has 4 aromatic carbocycles. The number of aromatic nitrogens is 1. The summed E-state index contributed by atoms with van der Waals surface area (Å²) in [7, 11) is 0. The molecule has 5 rings (SSSR count). The summed E-state index contributed by atoms with van der Waals surface area (Å²) in [6.07, 6.45) is 0.278. The molecule has 0 spiro atoms. The fraction of sp³-hybridized carbons (Fsp3) is 0.0714. The van der Waals surface area contributed by atoms with Gasteiger partial charge in [0.05, 0.1) is 11.6 Å². The summed E-state index contributed by atoms with van der Waals surface area (Å²) < 4.78 is 0. The molecule has 5 aromatic rings. The van der Waals surface area contributed by atoms with Gasteiger partial charge in [0.2, 0.25) is 0 Å². The predicted octanol–water partition coefficient (Wildman–Crippen LogP) is 6.60. The van der Waals surface area contributed by atoms with Crippen molar-refractivity contribution < 1.29 is 9.90 Å². The molecule has 0 amide bonds. The topological polar surface area (TPSA) is 82.2 Å². The average Bonchev–Trinajstić information content (AvgIpc) is 2.84. The van der Waals surface area contributed by atoms with Crippen LogP contribution in [-0.2, 0) is 6.42 Å². The summed E-state index contributed by atoms with van der Waals surface area (Å²) >= 11 is 12.0. The Morgan fingerprint density at radius 1 is 0.886 bits per heavy atom. The van der Waals surface area contributed by atoms with Crippen LogP contribution in [0.5, 0.6) is 5.75 Å². The van der Waals surface area contributed by atoms with Crippen LogP contribution in [0.4, 0.5) is 5.69 Å². The number of hydrogen-bond donors (Lipinski definition) is 3. The lowest BCUT2D eigenvalue weighted by atomic mass is 9.96. The second-order valence-corrected chi connectivity index (χ2v) is 9.19. The Labute approximate surface area is 210 Å². The third-order valence-electron chi connectivity index (χ3n) is 5.96. The smallest absolute Gasteiger partial charge is 0.263 e. The van der Waals surface area contributed by atoms with Gasteiger partial charge in [0, 0.05) is 27.5 Å². The number of halogens is 2. The second-order valence-electron chi connectivity index (χ2n) is 8.32. The van der Waals surface area contributed by atoms with Crippen LogP contribution >= 0.6 is 23.2 Å². The maximum atomic E-state index is 13.7. The summed E-state index contributed by atoms with van der Waals surface area (Å²) in [6.45, 7) is 0. The largest absolute Gasteiger partial charge is 0.506 e. The Morgan fingerprint density at radius 3 is 2.37 bits per heavy atom.